The van der Waals surface area contributed by atoms with E-state index in [-0.39, 0.29) is 4.90 Å². The molecule has 1 aromatic rings. The van der Waals surface area contributed by atoms with Crippen molar-refractivity contribution in [1.82, 2.24) is 0 Å². The van der Waals surface area contributed by atoms with Crippen molar-refractivity contribution in [2.45, 2.75) is 11.8 Å². The van der Waals surface area contributed by atoms with Crippen LogP contribution in [0.25, 0.3) is 0 Å². The fourth-order valence-corrected chi connectivity index (χ4v) is 2.36. The van der Waals surface area contributed by atoms with Crippen LogP contribution in [0.15, 0.2) is 23.1 Å². The van der Waals surface area contributed by atoms with Crippen LogP contribution in [-0.2, 0) is 14.6 Å². The van der Waals surface area contributed by atoms with Crippen molar-refractivity contribution >= 4 is 21.2 Å². The Kier molecular flexibility index (Phi) is 4.98. The normalized spacial score (nSPS) is 11.5. The van der Waals surface area contributed by atoms with E-state index in [1.54, 1.807) is 19.2 Å². The van der Waals surface area contributed by atoms with E-state index >= 15 is 0 Å². The Morgan fingerprint density at radius 2 is 2.06 bits per heavy atom. The minimum absolute atomic E-state index is 0.242. The fraction of sp³-hybridized carbons (Fsp3) is 0.500. The lowest BCUT2D eigenvalue weighted by Gasteiger charge is -2.24. The van der Waals surface area contributed by atoms with Crippen LogP contribution < -0.4 is 10.6 Å². The Labute approximate surface area is 108 Å². The summed E-state index contributed by atoms with van der Waals surface area (Å²) in [6.45, 7) is 4.11. The summed E-state index contributed by atoms with van der Waals surface area (Å²) in [5.41, 5.74) is 7.22. The van der Waals surface area contributed by atoms with Crippen molar-refractivity contribution in [3.8, 4) is 0 Å². The van der Waals surface area contributed by atoms with Gasteiger partial charge >= 0.3 is 0 Å². The van der Waals surface area contributed by atoms with E-state index in [1.807, 2.05) is 11.8 Å². The van der Waals surface area contributed by atoms with Crippen LogP contribution in [0.1, 0.15) is 6.92 Å². The Morgan fingerprint density at radius 1 is 1.39 bits per heavy atom. The summed E-state index contributed by atoms with van der Waals surface area (Å²) in [6.07, 6.45) is 1.17. The fourth-order valence-electron chi connectivity index (χ4n) is 1.70. The van der Waals surface area contributed by atoms with E-state index in [2.05, 4.69) is 0 Å². The monoisotopic (exact) mass is 272 g/mol. The highest BCUT2D eigenvalue weighted by atomic mass is 32.2. The highest BCUT2D eigenvalue weighted by Gasteiger charge is 2.12. The summed E-state index contributed by atoms with van der Waals surface area (Å²) < 4.78 is 27.9. The third kappa shape index (κ3) is 3.61. The third-order valence-electron chi connectivity index (χ3n) is 2.71. The highest BCUT2D eigenvalue weighted by Crippen LogP contribution is 2.26. The van der Waals surface area contributed by atoms with Gasteiger partial charge in [-0.1, -0.05) is 0 Å². The quantitative estimate of drug-likeness (QED) is 0.786. The van der Waals surface area contributed by atoms with E-state index in [0.717, 1.165) is 18.8 Å². The minimum Gasteiger partial charge on any atom is -0.397 e. The molecular weight excluding hydrogens is 252 g/mol. The van der Waals surface area contributed by atoms with Crippen LogP contribution >= 0.6 is 0 Å². The molecule has 0 spiro atoms. The van der Waals surface area contributed by atoms with Crippen LogP contribution in [-0.4, -0.2) is 41.5 Å². The lowest BCUT2D eigenvalue weighted by Crippen LogP contribution is -2.27. The first kappa shape index (κ1) is 14.8. The molecule has 102 valence electrons. The maximum Gasteiger partial charge on any atom is 0.175 e. The summed E-state index contributed by atoms with van der Waals surface area (Å²) in [4.78, 5) is 2.29. The Balaban J connectivity index is 3.04. The second-order valence-electron chi connectivity index (χ2n) is 4.07. The first-order valence-electron chi connectivity index (χ1n) is 5.73. The zero-order valence-corrected chi connectivity index (χ0v) is 11.8. The molecule has 0 bridgehead atoms. The maximum atomic E-state index is 11.4. The molecule has 0 amide bonds. The van der Waals surface area contributed by atoms with Crippen LogP contribution in [0, 0.1) is 0 Å². The molecule has 0 fully saturated rings. The van der Waals surface area contributed by atoms with Crippen molar-refractivity contribution < 1.29 is 13.2 Å². The second kappa shape index (κ2) is 6.06. The average molecular weight is 272 g/mol. The third-order valence-corrected chi connectivity index (χ3v) is 3.83. The Bertz CT molecular complexity index is 500. The Hall–Kier alpha value is -1.27. The molecule has 0 unspecified atom stereocenters. The van der Waals surface area contributed by atoms with Crippen molar-refractivity contribution in [3.63, 3.8) is 0 Å². The van der Waals surface area contributed by atoms with Gasteiger partial charge in [0.15, 0.2) is 9.84 Å². The molecule has 0 radical (unpaired) electrons. The number of anilines is 2. The number of benzene rings is 1. The van der Waals surface area contributed by atoms with Crippen molar-refractivity contribution in [2.24, 2.45) is 0 Å². The number of ether oxygens (including phenoxy) is 1. The van der Waals surface area contributed by atoms with E-state index in [9.17, 15) is 8.42 Å². The molecule has 6 heteroatoms. The van der Waals surface area contributed by atoms with Gasteiger partial charge in [-0.05, 0) is 25.1 Å². The minimum atomic E-state index is -3.21. The van der Waals surface area contributed by atoms with Crippen LogP contribution in [0.3, 0.4) is 0 Å². The molecule has 1 rings (SSSR count). The van der Waals surface area contributed by atoms with Gasteiger partial charge in [0, 0.05) is 26.5 Å². The number of rotatable bonds is 6. The summed E-state index contributed by atoms with van der Waals surface area (Å²) in [7, 11) is -1.57. The molecule has 18 heavy (non-hydrogen) atoms. The molecule has 0 atom stereocenters. The molecule has 5 nitrogen and oxygen atoms in total. The lowest BCUT2D eigenvalue weighted by molar-refractivity contribution is 0.205. The summed E-state index contributed by atoms with van der Waals surface area (Å²) in [6, 6.07) is 4.82. The predicted molar refractivity (Wildman–Crippen MR) is 73.7 cm³/mol. The first-order chi connectivity index (χ1) is 8.40. The van der Waals surface area contributed by atoms with E-state index in [4.69, 9.17) is 10.5 Å². The molecule has 0 saturated carbocycles. The summed E-state index contributed by atoms with van der Waals surface area (Å²) >= 11 is 0. The molecule has 2 N–H and O–H groups in total. The van der Waals surface area contributed by atoms with Gasteiger partial charge in [0.2, 0.25) is 0 Å². The predicted octanol–water partition coefficient (Wildman–Crippen LogP) is 1.15. The second-order valence-corrected chi connectivity index (χ2v) is 6.08. The van der Waals surface area contributed by atoms with Crippen LogP contribution in [0.2, 0.25) is 0 Å². The molecule has 0 heterocycles. The number of likely N-dealkylation sites (N-methyl/N-ethyl adjacent to an activating group) is 1. The van der Waals surface area contributed by atoms with Crippen molar-refractivity contribution in [3.05, 3.63) is 18.2 Å². The summed E-state index contributed by atoms with van der Waals surface area (Å²) in [5, 5.41) is 0. The van der Waals surface area contributed by atoms with E-state index in [1.165, 1.54) is 12.3 Å². The number of nitrogens with two attached hydrogens (primary N) is 1. The van der Waals surface area contributed by atoms with Gasteiger partial charge in [-0.25, -0.2) is 8.42 Å². The molecule has 0 aliphatic carbocycles. The number of nitrogens with zero attached hydrogens (tertiary/aromatic N) is 1. The van der Waals surface area contributed by atoms with Gasteiger partial charge in [-0.15, -0.1) is 0 Å². The number of methoxy groups -OCH3 is 1. The Morgan fingerprint density at radius 3 is 2.50 bits per heavy atom. The smallest absolute Gasteiger partial charge is 0.175 e. The number of nitrogen functional groups attached to an aromatic ring is 1. The molecule has 0 aliphatic rings. The average Bonchev–Trinajstić information content (AvgIpc) is 2.30. The maximum absolute atomic E-state index is 11.4. The molecule has 1 aromatic carbocycles. The van der Waals surface area contributed by atoms with Gasteiger partial charge in [-0.2, -0.15) is 0 Å². The molecular formula is C12H20N2O3S. The SMILES string of the molecule is CCN(CCOC)c1ccc(S(C)(=O)=O)cc1N. The van der Waals surface area contributed by atoms with Gasteiger partial charge in [0.1, 0.15) is 0 Å². The lowest BCUT2D eigenvalue weighted by atomic mass is 10.2. The van der Waals surface area contributed by atoms with Crippen molar-refractivity contribution in [1.29, 1.82) is 0 Å². The summed E-state index contributed by atoms with van der Waals surface area (Å²) in [5.74, 6) is 0. The van der Waals surface area contributed by atoms with Crippen molar-refractivity contribution in [2.75, 3.05) is 43.7 Å². The highest BCUT2D eigenvalue weighted by molar-refractivity contribution is 7.90. The first-order valence-corrected chi connectivity index (χ1v) is 7.62. The van der Waals surface area contributed by atoms with Gasteiger partial charge in [0.05, 0.1) is 22.9 Å². The van der Waals surface area contributed by atoms with Crippen LogP contribution in [0.5, 0.6) is 0 Å². The van der Waals surface area contributed by atoms with Gasteiger partial charge in [-0.3, -0.25) is 0 Å². The molecule has 0 aromatic heterocycles. The molecule has 0 aliphatic heterocycles. The van der Waals surface area contributed by atoms with Crippen LogP contribution in [0.4, 0.5) is 11.4 Å². The van der Waals surface area contributed by atoms with E-state index in [0.29, 0.717) is 12.3 Å². The zero-order chi connectivity index (χ0) is 13.8. The topological polar surface area (TPSA) is 72.6 Å². The number of hydrogen-bond acceptors (Lipinski definition) is 5. The number of hydrogen-bond donors (Lipinski definition) is 1. The van der Waals surface area contributed by atoms with E-state index < -0.39 is 9.84 Å². The zero-order valence-electron chi connectivity index (χ0n) is 11.0. The number of sulfone groups is 1. The van der Waals surface area contributed by atoms with Gasteiger partial charge < -0.3 is 15.4 Å². The van der Waals surface area contributed by atoms with Gasteiger partial charge in [0.25, 0.3) is 0 Å². The molecule has 0 saturated heterocycles. The largest absolute Gasteiger partial charge is 0.397 e. The standard InChI is InChI=1S/C12H20N2O3S/c1-4-14(7-8-17-2)12-6-5-10(9-11(12)13)18(3,15)16/h5-6,9H,4,7-8,13H2,1-3H3.